The summed E-state index contributed by atoms with van der Waals surface area (Å²) in [5.41, 5.74) is 0.998. The fourth-order valence-electron chi connectivity index (χ4n) is 7.04. The summed E-state index contributed by atoms with van der Waals surface area (Å²) < 4.78 is 68.8. The van der Waals surface area contributed by atoms with Crippen molar-refractivity contribution in [1.29, 1.82) is 0 Å². The number of halogens is 5. The van der Waals surface area contributed by atoms with Gasteiger partial charge in [-0.2, -0.15) is 18.3 Å². The molecule has 53 heavy (non-hydrogen) atoms. The molecule has 0 fully saturated rings. The number of alkyl halides is 3. The number of carbonyl (C=O) groups excluding carboxylic acids is 3. The lowest BCUT2D eigenvalue weighted by molar-refractivity contribution is -0.140. The van der Waals surface area contributed by atoms with Crippen LogP contribution in [0.5, 0.6) is 0 Å². The monoisotopic (exact) mass is 739 g/mol. The molecular formula is C40H46F5N5O3. The second kappa shape index (κ2) is 17.9. The summed E-state index contributed by atoms with van der Waals surface area (Å²) in [4.78, 5) is 43.8. The molecule has 2 N–H and O–H groups in total. The maximum absolute atomic E-state index is 14.7. The number of hydrogen-bond acceptors (Lipinski definition) is 5. The number of rotatable bonds is 18. The minimum Gasteiger partial charge on any atom is -0.347 e. The molecule has 2 aromatic carbocycles. The highest BCUT2D eigenvalue weighted by Gasteiger charge is 2.34. The number of nitrogens with zero attached hydrogens (tertiary/aromatic N) is 3. The van der Waals surface area contributed by atoms with Gasteiger partial charge in [0.05, 0.1) is 17.8 Å². The molecule has 0 spiro atoms. The number of carbonyl (C=O) groups is 3. The summed E-state index contributed by atoms with van der Waals surface area (Å²) in [6.07, 6.45) is 10.9. The van der Waals surface area contributed by atoms with E-state index in [0.29, 0.717) is 37.0 Å². The molecule has 1 atom stereocenters. The van der Waals surface area contributed by atoms with Crippen LogP contribution in [-0.4, -0.2) is 32.2 Å². The number of nitrogens with one attached hydrogen (secondary N) is 2. The van der Waals surface area contributed by atoms with Crippen molar-refractivity contribution >= 4 is 23.2 Å². The van der Waals surface area contributed by atoms with Crippen LogP contribution < -0.4 is 10.6 Å². The van der Waals surface area contributed by atoms with Crippen LogP contribution in [0.1, 0.15) is 156 Å². The Hall–Kier alpha value is -4.68. The first kappa shape index (κ1) is 39.5. The van der Waals surface area contributed by atoms with Crippen molar-refractivity contribution < 1.29 is 36.3 Å². The van der Waals surface area contributed by atoms with E-state index < -0.39 is 53.4 Å². The molecule has 2 aromatic heterocycles. The van der Waals surface area contributed by atoms with Gasteiger partial charge >= 0.3 is 6.18 Å². The lowest BCUT2D eigenvalue weighted by Crippen LogP contribution is -2.30. The van der Waals surface area contributed by atoms with Crippen molar-refractivity contribution in [3.8, 4) is 0 Å². The fraction of sp³-hybridized carbons (Fsp3) is 0.475. The van der Waals surface area contributed by atoms with Crippen LogP contribution >= 0.6 is 0 Å². The molecule has 1 aliphatic rings. The SMILES string of the molecule is CCCCCCCCCCCCCC(=O)c1ccc2c(c1C)CC[C@@H]2NC(=O)c1cc(C(=O)NCc2ccc(F)c(C(F)(F)F)c2)nc2c(F)cnn12. The van der Waals surface area contributed by atoms with Gasteiger partial charge in [-0.25, -0.2) is 18.3 Å². The van der Waals surface area contributed by atoms with Gasteiger partial charge in [-0.3, -0.25) is 14.4 Å². The molecule has 1 aliphatic carbocycles. The van der Waals surface area contributed by atoms with Gasteiger partial charge in [0.15, 0.2) is 17.2 Å². The predicted molar refractivity (Wildman–Crippen MR) is 191 cm³/mol. The smallest absolute Gasteiger partial charge is 0.347 e. The zero-order chi connectivity index (χ0) is 38.1. The largest absolute Gasteiger partial charge is 0.419 e. The second-order valence-electron chi connectivity index (χ2n) is 13.8. The Morgan fingerprint density at radius 2 is 1.55 bits per heavy atom. The first-order valence-corrected chi connectivity index (χ1v) is 18.5. The Morgan fingerprint density at radius 1 is 0.868 bits per heavy atom. The highest BCUT2D eigenvalue weighted by atomic mass is 19.4. The lowest BCUT2D eigenvalue weighted by Gasteiger charge is -2.17. The molecule has 0 radical (unpaired) electrons. The first-order valence-electron chi connectivity index (χ1n) is 18.5. The molecule has 8 nitrogen and oxygen atoms in total. The third-order valence-corrected chi connectivity index (χ3v) is 9.99. The first-order chi connectivity index (χ1) is 25.4. The topological polar surface area (TPSA) is 105 Å². The van der Waals surface area contributed by atoms with Gasteiger partial charge in [-0.1, -0.05) is 89.3 Å². The number of fused-ring (bicyclic) bond motifs is 2. The molecule has 13 heteroatoms. The van der Waals surface area contributed by atoms with E-state index in [-0.39, 0.29) is 22.7 Å². The summed E-state index contributed by atoms with van der Waals surface area (Å²) in [5, 5.41) is 9.24. The van der Waals surface area contributed by atoms with Crippen LogP contribution in [0.25, 0.3) is 5.65 Å². The molecule has 0 saturated heterocycles. The molecule has 0 saturated carbocycles. The quantitative estimate of drug-likeness (QED) is 0.0601. The third-order valence-electron chi connectivity index (χ3n) is 9.99. The molecule has 2 amide bonds. The number of ketones is 1. The Bertz CT molecular complexity index is 1940. The molecule has 5 rings (SSSR count). The molecule has 0 unspecified atom stereocenters. The summed E-state index contributed by atoms with van der Waals surface area (Å²) in [6.45, 7) is 3.74. The highest BCUT2D eigenvalue weighted by molar-refractivity contribution is 5.99. The van der Waals surface area contributed by atoms with Crippen LogP contribution in [0.4, 0.5) is 22.0 Å². The maximum Gasteiger partial charge on any atom is 0.419 e. The summed E-state index contributed by atoms with van der Waals surface area (Å²) in [6, 6.07) is 6.70. The highest BCUT2D eigenvalue weighted by Crippen LogP contribution is 2.36. The van der Waals surface area contributed by atoms with E-state index in [0.717, 1.165) is 58.8 Å². The van der Waals surface area contributed by atoms with Crippen molar-refractivity contribution in [3.05, 3.63) is 99.0 Å². The van der Waals surface area contributed by atoms with Crippen LogP contribution in [0, 0.1) is 18.6 Å². The average molecular weight is 740 g/mol. The number of benzene rings is 2. The molecule has 0 bridgehead atoms. The normalized spacial score (nSPS) is 14.1. The van der Waals surface area contributed by atoms with Crippen LogP contribution in [0.3, 0.4) is 0 Å². The molecule has 2 heterocycles. The van der Waals surface area contributed by atoms with Crippen molar-refractivity contribution in [2.45, 2.75) is 123 Å². The predicted octanol–water partition coefficient (Wildman–Crippen LogP) is 9.57. The fourth-order valence-corrected chi connectivity index (χ4v) is 7.04. The maximum atomic E-state index is 14.7. The van der Waals surface area contributed by atoms with Gasteiger partial charge in [-0.05, 0) is 60.6 Å². The van der Waals surface area contributed by atoms with Crippen LogP contribution in [0.2, 0.25) is 0 Å². The number of hydrogen-bond donors (Lipinski definition) is 2. The van der Waals surface area contributed by atoms with E-state index >= 15 is 0 Å². The number of amides is 2. The van der Waals surface area contributed by atoms with Gasteiger partial charge in [0.25, 0.3) is 11.8 Å². The Morgan fingerprint density at radius 3 is 2.23 bits per heavy atom. The van der Waals surface area contributed by atoms with Gasteiger partial charge in [0.1, 0.15) is 17.2 Å². The van der Waals surface area contributed by atoms with Crippen molar-refractivity contribution in [2.75, 3.05) is 0 Å². The number of Topliss-reactive ketones (excluding diaryl/α,β-unsaturated/α-hetero) is 1. The second-order valence-corrected chi connectivity index (χ2v) is 13.8. The summed E-state index contributed by atoms with van der Waals surface area (Å²) in [5.74, 6) is -3.79. The average Bonchev–Trinajstić information content (AvgIpc) is 3.72. The summed E-state index contributed by atoms with van der Waals surface area (Å²) in [7, 11) is 0. The Labute approximate surface area is 306 Å². The zero-order valence-electron chi connectivity index (χ0n) is 30.2. The molecule has 4 aromatic rings. The Balaban J connectivity index is 1.19. The van der Waals surface area contributed by atoms with Gasteiger partial charge in [-0.15, -0.1) is 0 Å². The Kier molecular flexibility index (Phi) is 13.3. The standard InChI is InChI=1S/C40H46F5N5O3/c1-3-4-5-6-7-8-9-10-11-12-13-14-36(51)28-16-17-29-27(25(28)2)18-20-33(29)49-39(53)35-22-34(48-37-32(42)24-47-50(35)37)38(52)46-23-26-15-19-31(41)30(21-26)40(43,44)45/h15-17,19,21-22,24,33H,3-14,18,20,23H2,1-2H3,(H,46,52)(H,49,53)/t33-/m0/s1. The van der Waals surface area contributed by atoms with Gasteiger partial charge < -0.3 is 10.6 Å². The van der Waals surface area contributed by atoms with Gasteiger partial charge in [0.2, 0.25) is 0 Å². The van der Waals surface area contributed by atoms with Gasteiger partial charge in [0, 0.05) is 24.6 Å². The third kappa shape index (κ3) is 9.85. The van der Waals surface area contributed by atoms with Crippen LogP contribution in [0.15, 0.2) is 42.6 Å². The number of unbranched alkanes of at least 4 members (excludes halogenated alkanes) is 10. The van der Waals surface area contributed by atoms with E-state index in [9.17, 15) is 36.3 Å². The van der Waals surface area contributed by atoms with E-state index in [1.54, 1.807) is 0 Å². The molecule has 0 aliphatic heterocycles. The molecule has 284 valence electrons. The number of aromatic nitrogens is 3. The van der Waals surface area contributed by atoms with Crippen molar-refractivity contribution in [3.63, 3.8) is 0 Å². The van der Waals surface area contributed by atoms with E-state index in [1.165, 1.54) is 51.4 Å². The minimum atomic E-state index is -4.93. The summed E-state index contributed by atoms with van der Waals surface area (Å²) >= 11 is 0. The van der Waals surface area contributed by atoms with E-state index in [2.05, 4.69) is 27.6 Å². The van der Waals surface area contributed by atoms with Crippen LogP contribution in [-0.2, 0) is 19.1 Å². The van der Waals surface area contributed by atoms with E-state index in [1.807, 2.05) is 19.1 Å². The molecular weight excluding hydrogens is 693 g/mol. The minimum absolute atomic E-state index is 0.0317. The zero-order valence-corrected chi connectivity index (χ0v) is 30.2. The van der Waals surface area contributed by atoms with Crippen molar-refractivity contribution in [1.82, 2.24) is 25.2 Å². The lowest BCUT2D eigenvalue weighted by atomic mass is 9.93. The van der Waals surface area contributed by atoms with Crippen molar-refractivity contribution in [2.24, 2.45) is 0 Å². The van der Waals surface area contributed by atoms with E-state index in [4.69, 9.17) is 0 Å².